The maximum Gasteiger partial charge on any atom is 0.269 e. The van der Waals surface area contributed by atoms with E-state index in [0.717, 1.165) is 17.7 Å². The van der Waals surface area contributed by atoms with Gasteiger partial charge in [0.05, 0.1) is 16.8 Å². The molecule has 0 radical (unpaired) electrons. The number of carbonyl (C=O) groups excluding carboxylic acids is 3. The summed E-state index contributed by atoms with van der Waals surface area (Å²) in [6.45, 7) is 1.76. The first-order valence-electron chi connectivity index (χ1n) is 9.53. The average Bonchev–Trinajstić information content (AvgIpc) is 2.97. The first-order valence-corrected chi connectivity index (χ1v) is 9.53. The highest BCUT2D eigenvalue weighted by atomic mass is 16.6. The van der Waals surface area contributed by atoms with E-state index in [2.05, 4.69) is 5.32 Å². The molecule has 1 heterocycles. The lowest BCUT2D eigenvalue weighted by Crippen LogP contribution is -2.47. The zero-order valence-electron chi connectivity index (χ0n) is 15.4. The van der Waals surface area contributed by atoms with Gasteiger partial charge in [0.25, 0.3) is 5.69 Å². The quantitative estimate of drug-likeness (QED) is 0.364. The van der Waals surface area contributed by atoms with E-state index in [0.29, 0.717) is 12.1 Å². The molecule has 1 aromatic rings. The van der Waals surface area contributed by atoms with Crippen LogP contribution in [0.3, 0.4) is 0 Å². The predicted octanol–water partition coefficient (Wildman–Crippen LogP) is 2.51. The van der Waals surface area contributed by atoms with Crippen LogP contribution < -0.4 is 5.32 Å². The molecule has 1 aromatic carbocycles. The Kier molecular flexibility index (Phi) is 4.49. The van der Waals surface area contributed by atoms with Crippen LogP contribution in [-0.2, 0) is 14.4 Å². The lowest BCUT2D eigenvalue weighted by Gasteiger charge is -2.38. The van der Waals surface area contributed by atoms with Crippen LogP contribution in [0, 0.1) is 33.8 Å². The van der Waals surface area contributed by atoms with Crippen LogP contribution in [-0.4, -0.2) is 33.6 Å². The second-order valence-electron chi connectivity index (χ2n) is 7.61. The highest BCUT2D eigenvalue weighted by Gasteiger charge is 2.58. The molecule has 1 aliphatic heterocycles. The number of rotatable bonds is 5. The smallest absolute Gasteiger partial charge is 0.269 e. The van der Waals surface area contributed by atoms with Crippen LogP contribution in [0.2, 0.25) is 0 Å². The van der Waals surface area contributed by atoms with Crippen LogP contribution in [0.15, 0.2) is 36.4 Å². The number of non-ortho nitro benzene ring substituents is 1. The number of imide groups is 1. The van der Waals surface area contributed by atoms with Crippen molar-refractivity contribution >= 4 is 29.1 Å². The number of hydrogen-bond acceptors (Lipinski definition) is 5. The number of amides is 3. The lowest BCUT2D eigenvalue weighted by molar-refractivity contribution is -0.384. The molecule has 8 nitrogen and oxygen atoms in total. The van der Waals surface area contributed by atoms with E-state index in [1.54, 1.807) is 6.92 Å². The van der Waals surface area contributed by atoms with Crippen molar-refractivity contribution in [3.8, 4) is 0 Å². The van der Waals surface area contributed by atoms with Crippen LogP contribution >= 0.6 is 0 Å². The Labute approximate surface area is 161 Å². The summed E-state index contributed by atoms with van der Waals surface area (Å²) in [4.78, 5) is 50.3. The van der Waals surface area contributed by atoms with Crippen molar-refractivity contribution in [2.75, 3.05) is 5.32 Å². The normalized spacial score (nSPS) is 29.0. The minimum absolute atomic E-state index is 0.0756. The number of benzene rings is 1. The summed E-state index contributed by atoms with van der Waals surface area (Å²) in [5.41, 5.74) is 0.300. The molecule has 2 bridgehead atoms. The Morgan fingerprint density at radius 2 is 1.68 bits per heavy atom. The van der Waals surface area contributed by atoms with Crippen LogP contribution in [0.1, 0.15) is 26.2 Å². The molecule has 1 N–H and O–H groups in total. The predicted molar refractivity (Wildman–Crippen MR) is 100.0 cm³/mol. The zero-order chi connectivity index (χ0) is 20.0. The Bertz CT molecular complexity index is 846. The molecular weight excluding hydrogens is 362 g/mol. The zero-order valence-corrected chi connectivity index (χ0v) is 15.4. The number of fused-ring (bicyclic) bond motifs is 1. The Hall–Kier alpha value is -3.03. The fraction of sp³-hybridized carbons (Fsp3) is 0.450. The number of anilines is 1. The molecule has 1 saturated heterocycles. The first-order chi connectivity index (χ1) is 13.4. The fourth-order valence-electron chi connectivity index (χ4n) is 4.78. The topological polar surface area (TPSA) is 110 Å². The summed E-state index contributed by atoms with van der Waals surface area (Å²) in [6, 6.07) is 4.56. The van der Waals surface area contributed by atoms with Crippen LogP contribution in [0.5, 0.6) is 0 Å². The van der Waals surface area contributed by atoms with Gasteiger partial charge in [-0.15, -0.1) is 0 Å². The second-order valence-corrected chi connectivity index (χ2v) is 7.61. The molecule has 5 atom stereocenters. The summed E-state index contributed by atoms with van der Waals surface area (Å²) in [5, 5.41) is 13.4. The van der Waals surface area contributed by atoms with Gasteiger partial charge in [-0.25, -0.2) is 0 Å². The van der Waals surface area contributed by atoms with E-state index >= 15 is 0 Å². The van der Waals surface area contributed by atoms with E-state index in [1.165, 1.54) is 24.3 Å². The van der Waals surface area contributed by atoms with Gasteiger partial charge in [0, 0.05) is 17.8 Å². The molecule has 2 fully saturated rings. The van der Waals surface area contributed by atoms with Crippen molar-refractivity contribution in [1.29, 1.82) is 0 Å². The summed E-state index contributed by atoms with van der Waals surface area (Å²) in [7, 11) is 0. The SMILES string of the molecule is CC[C@H](C(=O)Nc1ccc([N+](=O)[O-])cc1)N1C(=O)[C@@H]2[C@@H](C1=O)[C@H]1C=C[C@H]2CC1. The monoisotopic (exact) mass is 383 g/mol. The Morgan fingerprint density at radius 1 is 1.14 bits per heavy atom. The molecule has 146 valence electrons. The fourth-order valence-corrected chi connectivity index (χ4v) is 4.78. The lowest BCUT2D eigenvalue weighted by atomic mass is 9.63. The van der Waals surface area contributed by atoms with Gasteiger partial charge in [-0.05, 0) is 43.2 Å². The number of allylic oxidation sites excluding steroid dienone is 2. The van der Waals surface area contributed by atoms with E-state index in [-0.39, 0.29) is 41.2 Å². The Balaban J connectivity index is 1.53. The van der Waals surface area contributed by atoms with Crippen molar-refractivity contribution in [2.45, 2.75) is 32.2 Å². The number of hydrogen-bond donors (Lipinski definition) is 1. The standard InChI is InChI=1S/C20H21N3O5/c1-2-15(18(24)21-13-7-9-14(10-8-13)23(27)28)22-19(25)16-11-3-4-12(6-5-11)17(16)20(22)26/h3-4,7-12,15-17H,2,5-6H2,1H3,(H,21,24)/t11-,12-,15+,16-,17-/m0/s1. The van der Waals surface area contributed by atoms with Crippen molar-refractivity contribution in [2.24, 2.45) is 23.7 Å². The average molecular weight is 383 g/mol. The van der Waals surface area contributed by atoms with Crippen molar-refractivity contribution in [3.63, 3.8) is 0 Å². The Morgan fingerprint density at radius 3 is 2.11 bits per heavy atom. The van der Waals surface area contributed by atoms with Gasteiger partial charge < -0.3 is 5.32 Å². The highest BCUT2D eigenvalue weighted by Crippen LogP contribution is 2.50. The number of nitro benzene ring substituents is 1. The number of carbonyl (C=O) groups is 3. The maximum absolute atomic E-state index is 13.0. The molecule has 28 heavy (non-hydrogen) atoms. The largest absolute Gasteiger partial charge is 0.324 e. The van der Waals surface area contributed by atoms with E-state index in [1.807, 2.05) is 12.2 Å². The van der Waals surface area contributed by atoms with Gasteiger partial charge in [-0.2, -0.15) is 0 Å². The number of nitrogens with zero attached hydrogens (tertiary/aromatic N) is 2. The summed E-state index contributed by atoms with van der Waals surface area (Å²) < 4.78 is 0. The molecule has 1 saturated carbocycles. The number of nitro groups is 1. The van der Waals surface area contributed by atoms with Gasteiger partial charge in [0.1, 0.15) is 6.04 Å². The molecule has 0 spiro atoms. The molecule has 4 aliphatic rings. The van der Waals surface area contributed by atoms with Crippen molar-refractivity contribution < 1.29 is 19.3 Å². The van der Waals surface area contributed by atoms with Crippen molar-refractivity contribution in [3.05, 3.63) is 46.5 Å². The summed E-state index contributed by atoms with van der Waals surface area (Å²) in [6.07, 6.45) is 6.20. The van der Waals surface area contributed by atoms with Gasteiger partial charge in [0.2, 0.25) is 17.7 Å². The third-order valence-electron chi connectivity index (χ3n) is 6.14. The van der Waals surface area contributed by atoms with Gasteiger partial charge in [-0.1, -0.05) is 19.1 Å². The summed E-state index contributed by atoms with van der Waals surface area (Å²) in [5.74, 6) is -1.51. The molecule has 3 aliphatic carbocycles. The number of likely N-dealkylation sites (tertiary alicyclic amines) is 1. The van der Waals surface area contributed by atoms with Gasteiger partial charge in [0.15, 0.2) is 0 Å². The third-order valence-corrected chi connectivity index (χ3v) is 6.14. The third kappa shape index (κ3) is 2.80. The van der Waals surface area contributed by atoms with Gasteiger partial charge >= 0.3 is 0 Å². The second kappa shape index (κ2) is 6.85. The van der Waals surface area contributed by atoms with Crippen LogP contribution in [0.25, 0.3) is 0 Å². The molecule has 3 amide bonds. The van der Waals surface area contributed by atoms with E-state index < -0.39 is 16.9 Å². The minimum Gasteiger partial charge on any atom is -0.324 e. The van der Waals surface area contributed by atoms with E-state index in [9.17, 15) is 24.5 Å². The van der Waals surface area contributed by atoms with Crippen LogP contribution in [0.4, 0.5) is 11.4 Å². The first kappa shape index (κ1) is 18.3. The molecule has 8 heteroatoms. The number of nitrogens with one attached hydrogen (secondary N) is 1. The van der Waals surface area contributed by atoms with E-state index in [4.69, 9.17) is 0 Å². The summed E-state index contributed by atoms with van der Waals surface area (Å²) >= 11 is 0. The van der Waals surface area contributed by atoms with Gasteiger partial charge in [-0.3, -0.25) is 29.4 Å². The minimum atomic E-state index is -0.889. The van der Waals surface area contributed by atoms with Crippen molar-refractivity contribution in [1.82, 2.24) is 4.90 Å². The molecule has 0 unspecified atom stereocenters. The molecule has 0 aromatic heterocycles. The highest BCUT2D eigenvalue weighted by molar-refractivity contribution is 6.10. The molecule has 5 rings (SSSR count). The maximum atomic E-state index is 13.0. The molecular formula is C20H21N3O5.